The van der Waals surface area contributed by atoms with Crippen molar-refractivity contribution in [2.75, 3.05) is 11.9 Å². The SMILES string of the molecule is C=CCN1C(=O)NC(=O)[C@@H](/C(=C\C)Nc2cccc(C(=O)[O-])c2)C1=O. The van der Waals surface area contributed by atoms with Crippen molar-refractivity contribution < 1.29 is 24.3 Å². The lowest BCUT2D eigenvalue weighted by Crippen LogP contribution is -2.58. The molecule has 0 spiro atoms. The van der Waals surface area contributed by atoms with Crippen LogP contribution in [0.1, 0.15) is 17.3 Å². The molecule has 4 amide bonds. The lowest BCUT2D eigenvalue weighted by Gasteiger charge is -2.31. The van der Waals surface area contributed by atoms with Crippen molar-refractivity contribution in [1.82, 2.24) is 10.2 Å². The van der Waals surface area contributed by atoms with Crippen LogP contribution in [0.3, 0.4) is 0 Å². The molecule has 0 bridgehead atoms. The number of hydrogen-bond donors (Lipinski definition) is 2. The van der Waals surface area contributed by atoms with E-state index in [1.165, 1.54) is 30.4 Å². The number of hydrogen-bond acceptors (Lipinski definition) is 6. The molecular formula is C17H16N3O5-. The van der Waals surface area contributed by atoms with Gasteiger partial charge in [0, 0.05) is 17.9 Å². The van der Waals surface area contributed by atoms with E-state index in [0.717, 1.165) is 4.90 Å². The Morgan fingerprint density at radius 3 is 2.72 bits per heavy atom. The number of amides is 4. The first-order valence-electron chi connectivity index (χ1n) is 7.40. The van der Waals surface area contributed by atoms with Crippen LogP contribution in [0.2, 0.25) is 0 Å². The number of aromatic carboxylic acids is 1. The number of nitrogens with zero attached hydrogens (tertiary/aromatic N) is 1. The van der Waals surface area contributed by atoms with E-state index in [1.54, 1.807) is 13.0 Å². The number of urea groups is 1. The molecule has 0 aromatic heterocycles. The number of carboxylic acids is 1. The van der Waals surface area contributed by atoms with E-state index in [0.29, 0.717) is 5.69 Å². The standard InChI is InChI=1S/C17H17N3O5/c1-3-8-20-15(22)13(14(21)19-17(20)25)12(4-2)18-11-7-5-6-10(9-11)16(23)24/h3-7,9,13,18H,1,8H2,2H3,(H,23,24)(H,19,21,25)/p-1/b12-4+/t13-/m1/s1. The first-order valence-corrected chi connectivity index (χ1v) is 7.40. The van der Waals surface area contributed by atoms with Crippen LogP contribution < -0.4 is 15.7 Å². The highest BCUT2D eigenvalue weighted by Crippen LogP contribution is 2.22. The summed E-state index contributed by atoms with van der Waals surface area (Å²) in [5.74, 6) is -4.05. The minimum atomic E-state index is -1.35. The first-order chi connectivity index (χ1) is 11.9. The lowest BCUT2D eigenvalue weighted by molar-refractivity contribution is -0.255. The summed E-state index contributed by atoms with van der Waals surface area (Å²) in [5.41, 5.74) is 0.533. The molecule has 1 fully saturated rings. The van der Waals surface area contributed by atoms with Gasteiger partial charge in [0.05, 0.1) is 5.97 Å². The maximum atomic E-state index is 12.5. The van der Waals surface area contributed by atoms with Crippen molar-refractivity contribution in [3.05, 3.63) is 54.3 Å². The van der Waals surface area contributed by atoms with Gasteiger partial charge in [0.25, 0.3) is 0 Å². The summed E-state index contributed by atoms with van der Waals surface area (Å²) in [6, 6.07) is 4.95. The zero-order chi connectivity index (χ0) is 18.6. The fourth-order valence-electron chi connectivity index (χ4n) is 2.39. The van der Waals surface area contributed by atoms with E-state index >= 15 is 0 Å². The van der Waals surface area contributed by atoms with Gasteiger partial charge in [-0.25, -0.2) is 4.79 Å². The van der Waals surface area contributed by atoms with Gasteiger partial charge in [-0.05, 0) is 24.6 Å². The van der Waals surface area contributed by atoms with Gasteiger partial charge in [0.2, 0.25) is 11.8 Å². The Morgan fingerprint density at radius 2 is 2.12 bits per heavy atom. The molecule has 25 heavy (non-hydrogen) atoms. The third kappa shape index (κ3) is 3.74. The van der Waals surface area contributed by atoms with Gasteiger partial charge >= 0.3 is 6.03 Å². The fraction of sp³-hybridized carbons (Fsp3) is 0.176. The second-order valence-electron chi connectivity index (χ2n) is 5.20. The van der Waals surface area contributed by atoms with E-state index in [1.807, 2.05) is 0 Å². The Labute approximate surface area is 143 Å². The second kappa shape index (κ2) is 7.43. The van der Waals surface area contributed by atoms with Gasteiger partial charge in [-0.3, -0.25) is 19.8 Å². The van der Waals surface area contributed by atoms with Crippen LogP contribution >= 0.6 is 0 Å². The number of carbonyl (C=O) groups is 4. The molecule has 0 radical (unpaired) electrons. The highest BCUT2D eigenvalue weighted by molar-refractivity contribution is 6.18. The quantitative estimate of drug-likeness (QED) is 0.565. The van der Waals surface area contributed by atoms with Crippen molar-refractivity contribution in [3.63, 3.8) is 0 Å². The van der Waals surface area contributed by atoms with E-state index in [2.05, 4.69) is 17.2 Å². The molecule has 1 atom stereocenters. The third-order valence-electron chi connectivity index (χ3n) is 3.57. The minimum Gasteiger partial charge on any atom is -0.545 e. The Kier molecular flexibility index (Phi) is 5.33. The maximum Gasteiger partial charge on any atom is 0.331 e. The third-order valence-corrected chi connectivity index (χ3v) is 3.57. The number of allylic oxidation sites excluding steroid dienone is 1. The smallest absolute Gasteiger partial charge is 0.331 e. The maximum absolute atomic E-state index is 12.5. The summed E-state index contributed by atoms with van der Waals surface area (Å²) < 4.78 is 0. The highest BCUT2D eigenvalue weighted by Gasteiger charge is 2.42. The Bertz CT molecular complexity index is 784. The monoisotopic (exact) mass is 342 g/mol. The van der Waals surface area contributed by atoms with Crippen LogP contribution in [0.25, 0.3) is 0 Å². The van der Waals surface area contributed by atoms with E-state index in [9.17, 15) is 24.3 Å². The number of nitrogens with one attached hydrogen (secondary N) is 2. The van der Waals surface area contributed by atoms with Crippen LogP contribution in [0.15, 0.2) is 48.7 Å². The molecule has 8 nitrogen and oxygen atoms in total. The van der Waals surface area contributed by atoms with Gasteiger partial charge in [0.1, 0.15) is 0 Å². The van der Waals surface area contributed by atoms with Crippen LogP contribution in [0, 0.1) is 5.92 Å². The predicted octanol–water partition coefficient (Wildman–Crippen LogP) is 0.246. The molecule has 1 aliphatic heterocycles. The zero-order valence-corrected chi connectivity index (χ0v) is 13.4. The molecule has 1 aromatic carbocycles. The van der Waals surface area contributed by atoms with Crippen molar-refractivity contribution in [1.29, 1.82) is 0 Å². The molecule has 0 saturated carbocycles. The average molecular weight is 342 g/mol. The number of carboxylic acid groups (broad SMARTS) is 1. The fourth-order valence-corrected chi connectivity index (χ4v) is 2.39. The summed E-state index contributed by atoms with van der Waals surface area (Å²) in [6.45, 7) is 5.05. The summed E-state index contributed by atoms with van der Waals surface area (Å²) in [4.78, 5) is 48.2. The molecule has 1 aliphatic rings. The minimum absolute atomic E-state index is 0.0361. The lowest BCUT2D eigenvalue weighted by atomic mass is 9.99. The normalized spacial score (nSPS) is 18.0. The number of benzene rings is 1. The zero-order valence-electron chi connectivity index (χ0n) is 13.4. The molecule has 1 aromatic rings. The molecule has 2 rings (SSSR count). The van der Waals surface area contributed by atoms with Gasteiger partial charge in [0.15, 0.2) is 5.92 Å². The van der Waals surface area contributed by atoms with E-state index < -0.39 is 29.7 Å². The Hall–Kier alpha value is -3.42. The number of imide groups is 2. The van der Waals surface area contributed by atoms with Crippen LogP contribution in [-0.2, 0) is 9.59 Å². The Balaban J connectivity index is 2.30. The molecule has 130 valence electrons. The van der Waals surface area contributed by atoms with Crippen LogP contribution in [-0.4, -0.2) is 35.3 Å². The summed E-state index contributed by atoms with van der Waals surface area (Å²) in [6.07, 6.45) is 2.88. The van der Waals surface area contributed by atoms with Crippen molar-refractivity contribution in [3.8, 4) is 0 Å². The van der Waals surface area contributed by atoms with E-state index in [4.69, 9.17) is 0 Å². The number of barbiturate groups is 1. The second-order valence-corrected chi connectivity index (χ2v) is 5.20. The van der Waals surface area contributed by atoms with Gasteiger partial charge in [-0.15, -0.1) is 6.58 Å². The van der Waals surface area contributed by atoms with Gasteiger partial charge < -0.3 is 15.2 Å². The van der Waals surface area contributed by atoms with Crippen LogP contribution in [0.5, 0.6) is 0 Å². The van der Waals surface area contributed by atoms with E-state index in [-0.39, 0.29) is 17.8 Å². The molecule has 2 N–H and O–H groups in total. The molecular weight excluding hydrogens is 326 g/mol. The summed E-state index contributed by atoms with van der Waals surface area (Å²) in [7, 11) is 0. The highest BCUT2D eigenvalue weighted by atomic mass is 16.4. The van der Waals surface area contributed by atoms with Gasteiger partial charge in [-0.2, -0.15) is 0 Å². The predicted molar refractivity (Wildman–Crippen MR) is 87.1 cm³/mol. The van der Waals surface area contributed by atoms with Crippen LogP contribution in [0.4, 0.5) is 10.5 Å². The van der Waals surface area contributed by atoms with Gasteiger partial charge in [-0.1, -0.05) is 24.3 Å². The first kappa shape index (κ1) is 17.9. The number of rotatable bonds is 6. The molecule has 0 aliphatic carbocycles. The van der Waals surface area contributed by atoms with Crippen molar-refractivity contribution >= 4 is 29.5 Å². The molecule has 1 heterocycles. The number of anilines is 1. The Morgan fingerprint density at radius 1 is 1.40 bits per heavy atom. The molecule has 8 heteroatoms. The van der Waals surface area contributed by atoms with Crippen molar-refractivity contribution in [2.24, 2.45) is 5.92 Å². The average Bonchev–Trinajstić information content (AvgIpc) is 2.57. The summed E-state index contributed by atoms with van der Waals surface area (Å²) >= 11 is 0. The summed E-state index contributed by atoms with van der Waals surface area (Å²) in [5, 5.41) is 15.9. The molecule has 0 unspecified atom stereocenters. The van der Waals surface area contributed by atoms with Crippen molar-refractivity contribution in [2.45, 2.75) is 6.92 Å². The topological polar surface area (TPSA) is 119 Å². The number of carbonyl (C=O) groups excluding carboxylic acids is 4. The largest absolute Gasteiger partial charge is 0.545 e. The molecule has 1 saturated heterocycles.